The lowest BCUT2D eigenvalue weighted by Gasteiger charge is -2.31. The summed E-state index contributed by atoms with van der Waals surface area (Å²) in [6.45, 7) is 2.29. The van der Waals surface area contributed by atoms with Crippen LogP contribution in [-0.2, 0) is 6.54 Å². The lowest BCUT2D eigenvalue weighted by Crippen LogP contribution is -2.37. The van der Waals surface area contributed by atoms with Crippen molar-refractivity contribution in [3.8, 4) is 5.69 Å². The number of nitrogens with zero attached hydrogens (tertiary/aromatic N) is 2. The van der Waals surface area contributed by atoms with E-state index in [-0.39, 0.29) is 18.1 Å². The number of hydrogen-bond donors (Lipinski definition) is 4. The zero-order valence-electron chi connectivity index (χ0n) is 21.7. The molecule has 1 amide bonds. The van der Waals surface area contributed by atoms with Crippen LogP contribution >= 0.6 is 0 Å². The molecule has 1 aliphatic rings. The summed E-state index contributed by atoms with van der Waals surface area (Å²) < 4.78 is 1.67. The van der Waals surface area contributed by atoms with Crippen molar-refractivity contribution in [3.05, 3.63) is 113 Å². The van der Waals surface area contributed by atoms with Gasteiger partial charge in [-0.05, 0) is 79.6 Å². The molecule has 7 nitrogen and oxygen atoms in total. The third kappa shape index (κ3) is 6.02. The first-order valence-corrected chi connectivity index (χ1v) is 13.3. The van der Waals surface area contributed by atoms with E-state index in [0.29, 0.717) is 18.3 Å². The minimum atomic E-state index is -0.230. The lowest BCUT2D eigenvalue weighted by atomic mass is 9.90. The van der Waals surface area contributed by atoms with Crippen molar-refractivity contribution in [3.63, 3.8) is 0 Å². The quantitative estimate of drug-likeness (QED) is 0.271. The summed E-state index contributed by atoms with van der Waals surface area (Å²) in [5, 5.41) is 21.4. The van der Waals surface area contributed by atoms with Crippen LogP contribution in [0.2, 0.25) is 0 Å². The molecule has 1 saturated carbocycles. The van der Waals surface area contributed by atoms with Gasteiger partial charge in [-0.15, -0.1) is 0 Å². The van der Waals surface area contributed by atoms with Crippen LogP contribution in [0.25, 0.3) is 5.69 Å². The minimum absolute atomic E-state index is 0.0277. The van der Waals surface area contributed by atoms with Crippen LogP contribution in [0.4, 0.5) is 5.69 Å². The molecule has 1 aliphatic carbocycles. The Morgan fingerprint density at radius 3 is 2.47 bits per heavy atom. The molecule has 0 aliphatic heterocycles. The van der Waals surface area contributed by atoms with Crippen LogP contribution in [0.5, 0.6) is 0 Å². The van der Waals surface area contributed by atoms with E-state index in [1.165, 1.54) is 0 Å². The maximum atomic E-state index is 13.4. The Labute approximate surface area is 223 Å². The van der Waals surface area contributed by atoms with Crippen molar-refractivity contribution in [1.82, 2.24) is 15.1 Å². The molecule has 0 saturated heterocycles. The summed E-state index contributed by atoms with van der Waals surface area (Å²) in [5.74, 6) is -0.230. The highest BCUT2D eigenvalue weighted by Crippen LogP contribution is 2.28. The average molecular weight is 510 g/mol. The molecule has 0 spiro atoms. The van der Waals surface area contributed by atoms with Crippen LogP contribution in [0.3, 0.4) is 0 Å². The van der Waals surface area contributed by atoms with Gasteiger partial charge in [0.05, 0.1) is 23.5 Å². The lowest BCUT2D eigenvalue weighted by molar-refractivity contribution is 0.101. The highest BCUT2D eigenvalue weighted by atomic mass is 16.3. The SMILES string of the molecule is Cc1cc(C(=O)Nc2cccc(C(NC3CCC(O)CC3)c3ccccc3)c2)n(-c2cccc(CN)c2)n1. The Balaban J connectivity index is 1.40. The van der Waals surface area contributed by atoms with Gasteiger partial charge < -0.3 is 21.5 Å². The molecule has 7 heteroatoms. The van der Waals surface area contributed by atoms with Gasteiger partial charge in [0, 0.05) is 18.3 Å². The Morgan fingerprint density at radius 2 is 1.71 bits per heavy atom. The van der Waals surface area contributed by atoms with E-state index in [4.69, 9.17) is 5.73 Å². The van der Waals surface area contributed by atoms with E-state index >= 15 is 0 Å². The molecule has 1 atom stereocenters. The monoisotopic (exact) mass is 509 g/mol. The van der Waals surface area contributed by atoms with Crippen LogP contribution in [0.1, 0.15) is 64.6 Å². The van der Waals surface area contributed by atoms with Gasteiger partial charge in [-0.25, -0.2) is 4.68 Å². The van der Waals surface area contributed by atoms with Crippen molar-refractivity contribution in [2.24, 2.45) is 5.73 Å². The molecule has 196 valence electrons. The number of nitrogens with two attached hydrogens (primary N) is 1. The number of anilines is 1. The maximum absolute atomic E-state index is 13.4. The van der Waals surface area contributed by atoms with E-state index < -0.39 is 0 Å². The fraction of sp³-hybridized carbons (Fsp3) is 0.290. The molecule has 1 fully saturated rings. The fourth-order valence-corrected chi connectivity index (χ4v) is 5.17. The van der Waals surface area contributed by atoms with Crippen LogP contribution in [0.15, 0.2) is 84.9 Å². The summed E-state index contributed by atoms with van der Waals surface area (Å²) in [6.07, 6.45) is 3.31. The molecule has 3 aromatic carbocycles. The Morgan fingerprint density at radius 1 is 0.974 bits per heavy atom. The highest BCUT2D eigenvalue weighted by Gasteiger charge is 2.24. The Hall–Kier alpha value is -3.78. The number of nitrogens with one attached hydrogen (secondary N) is 2. The number of rotatable bonds is 8. The van der Waals surface area contributed by atoms with Gasteiger partial charge >= 0.3 is 0 Å². The van der Waals surface area contributed by atoms with Gasteiger partial charge in [-0.3, -0.25) is 4.79 Å². The number of carbonyl (C=O) groups excluding carboxylic acids is 1. The molecular formula is C31H35N5O2. The van der Waals surface area contributed by atoms with Crippen LogP contribution in [0, 0.1) is 6.92 Å². The van der Waals surface area contributed by atoms with Crippen molar-refractivity contribution < 1.29 is 9.90 Å². The van der Waals surface area contributed by atoms with E-state index in [1.807, 2.05) is 67.6 Å². The first-order chi connectivity index (χ1) is 18.5. The summed E-state index contributed by atoms with van der Waals surface area (Å²) in [6, 6.07) is 28.2. The molecule has 5 rings (SSSR count). The van der Waals surface area contributed by atoms with Gasteiger partial charge in [0.1, 0.15) is 5.69 Å². The van der Waals surface area contributed by atoms with Crippen molar-refractivity contribution in [2.45, 2.75) is 57.3 Å². The predicted octanol–water partition coefficient (Wildman–Crippen LogP) is 4.87. The van der Waals surface area contributed by atoms with Crippen LogP contribution < -0.4 is 16.4 Å². The normalized spacial score (nSPS) is 18.2. The van der Waals surface area contributed by atoms with E-state index in [9.17, 15) is 9.90 Å². The second-order valence-corrected chi connectivity index (χ2v) is 10.1. The van der Waals surface area contributed by atoms with Crippen molar-refractivity contribution >= 4 is 11.6 Å². The number of carbonyl (C=O) groups is 1. The fourth-order valence-electron chi connectivity index (χ4n) is 5.17. The van der Waals surface area contributed by atoms with E-state index in [1.54, 1.807) is 10.7 Å². The number of aromatic nitrogens is 2. The Kier molecular flexibility index (Phi) is 7.98. The first-order valence-electron chi connectivity index (χ1n) is 13.3. The second-order valence-electron chi connectivity index (χ2n) is 10.1. The number of amides is 1. The zero-order valence-corrected chi connectivity index (χ0v) is 21.7. The molecule has 0 radical (unpaired) electrons. The summed E-state index contributed by atoms with van der Waals surface area (Å²) in [5.41, 5.74) is 11.8. The smallest absolute Gasteiger partial charge is 0.274 e. The van der Waals surface area contributed by atoms with Crippen LogP contribution in [-0.4, -0.2) is 32.9 Å². The van der Waals surface area contributed by atoms with Crippen molar-refractivity contribution in [2.75, 3.05) is 5.32 Å². The first kappa shape index (κ1) is 25.9. The minimum Gasteiger partial charge on any atom is -0.393 e. The van der Waals surface area contributed by atoms with E-state index in [2.05, 4.69) is 33.9 Å². The number of aryl methyl sites for hydroxylation is 1. The number of aliphatic hydroxyl groups is 1. The largest absolute Gasteiger partial charge is 0.393 e. The molecule has 4 aromatic rings. The number of aliphatic hydroxyl groups excluding tert-OH is 1. The predicted molar refractivity (Wildman–Crippen MR) is 150 cm³/mol. The third-order valence-electron chi connectivity index (χ3n) is 7.16. The third-order valence-corrected chi connectivity index (χ3v) is 7.16. The van der Waals surface area contributed by atoms with Gasteiger partial charge in [0.15, 0.2) is 0 Å². The van der Waals surface area contributed by atoms with Gasteiger partial charge in [-0.2, -0.15) is 5.10 Å². The number of benzene rings is 3. The molecule has 5 N–H and O–H groups in total. The molecule has 1 aromatic heterocycles. The molecular weight excluding hydrogens is 474 g/mol. The number of hydrogen-bond acceptors (Lipinski definition) is 5. The van der Waals surface area contributed by atoms with Gasteiger partial charge in [0.2, 0.25) is 0 Å². The standard InChI is InChI=1S/C31H35N5O2/c1-21-17-29(36(35-21)27-12-5-7-22(18-27)20-32)31(38)34-26-11-6-10-24(19-26)30(23-8-3-2-4-9-23)33-25-13-15-28(37)16-14-25/h2-12,17-19,25,28,30,33,37H,13-16,20,32H2,1H3,(H,34,38). The molecule has 0 bridgehead atoms. The molecule has 1 unspecified atom stereocenters. The molecule has 1 heterocycles. The summed E-state index contributed by atoms with van der Waals surface area (Å²) in [4.78, 5) is 13.4. The maximum Gasteiger partial charge on any atom is 0.274 e. The summed E-state index contributed by atoms with van der Waals surface area (Å²) in [7, 11) is 0. The molecule has 38 heavy (non-hydrogen) atoms. The topological polar surface area (TPSA) is 105 Å². The van der Waals surface area contributed by atoms with Crippen molar-refractivity contribution in [1.29, 1.82) is 0 Å². The Bertz CT molecular complexity index is 1380. The summed E-state index contributed by atoms with van der Waals surface area (Å²) >= 11 is 0. The van der Waals surface area contributed by atoms with Gasteiger partial charge in [0.25, 0.3) is 5.91 Å². The zero-order chi connectivity index (χ0) is 26.5. The van der Waals surface area contributed by atoms with Gasteiger partial charge in [-0.1, -0.05) is 54.6 Å². The average Bonchev–Trinajstić information content (AvgIpc) is 3.35. The second kappa shape index (κ2) is 11.7. The van der Waals surface area contributed by atoms with E-state index in [0.717, 1.165) is 59.4 Å². The highest BCUT2D eigenvalue weighted by molar-refractivity contribution is 6.03.